The van der Waals surface area contributed by atoms with Crippen LogP contribution >= 0.6 is 23.2 Å². The number of hydrogen-bond donors (Lipinski definition) is 2. The molecule has 0 aromatic heterocycles. The van der Waals surface area contributed by atoms with Gasteiger partial charge in [-0.2, -0.15) is 0 Å². The van der Waals surface area contributed by atoms with Gasteiger partial charge in [-0.25, -0.2) is 8.42 Å². The lowest BCUT2D eigenvalue weighted by atomic mass is 10.2. The van der Waals surface area contributed by atoms with E-state index in [4.69, 9.17) is 23.2 Å². The number of carbonyl (C=O) groups is 1. The van der Waals surface area contributed by atoms with Crippen molar-refractivity contribution in [3.8, 4) is 0 Å². The SMILES string of the molecule is CCNC(=O)c1ccc(Cl)c(S(=O)(=O)Nc2ccc(Cl)cc2)c1. The average molecular weight is 373 g/mol. The number of hydrogen-bond acceptors (Lipinski definition) is 3. The van der Waals surface area contributed by atoms with Gasteiger partial charge in [-0.05, 0) is 49.4 Å². The van der Waals surface area contributed by atoms with Crippen molar-refractivity contribution in [3.63, 3.8) is 0 Å². The van der Waals surface area contributed by atoms with Gasteiger partial charge in [-0.1, -0.05) is 23.2 Å². The Morgan fingerprint density at radius 1 is 1.09 bits per heavy atom. The topological polar surface area (TPSA) is 75.3 Å². The highest BCUT2D eigenvalue weighted by atomic mass is 35.5. The van der Waals surface area contributed by atoms with Crippen molar-refractivity contribution in [2.24, 2.45) is 0 Å². The largest absolute Gasteiger partial charge is 0.352 e. The smallest absolute Gasteiger partial charge is 0.263 e. The van der Waals surface area contributed by atoms with Gasteiger partial charge in [0.2, 0.25) is 0 Å². The fourth-order valence-corrected chi connectivity index (χ4v) is 3.55. The van der Waals surface area contributed by atoms with Gasteiger partial charge in [0, 0.05) is 22.8 Å². The highest BCUT2D eigenvalue weighted by molar-refractivity contribution is 7.92. The van der Waals surface area contributed by atoms with Crippen LogP contribution in [0.25, 0.3) is 0 Å². The Hall–Kier alpha value is -1.76. The summed E-state index contributed by atoms with van der Waals surface area (Å²) < 4.78 is 27.4. The van der Waals surface area contributed by atoms with E-state index in [1.165, 1.54) is 30.3 Å². The molecule has 0 saturated heterocycles. The summed E-state index contributed by atoms with van der Waals surface area (Å²) in [6, 6.07) is 10.3. The lowest BCUT2D eigenvalue weighted by molar-refractivity contribution is 0.0955. The van der Waals surface area contributed by atoms with Gasteiger partial charge in [0.05, 0.1) is 5.02 Å². The Morgan fingerprint density at radius 3 is 2.35 bits per heavy atom. The molecule has 0 heterocycles. The molecular formula is C15H14Cl2N2O3S. The second kappa shape index (κ2) is 7.21. The van der Waals surface area contributed by atoms with Crippen molar-refractivity contribution >= 4 is 44.8 Å². The maximum absolute atomic E-state index is 12.5. The molecular weight excluding hydrogens is 359 g/mol. The molecule has 5 nitrogen and oxygen atoms in total. The number of carbonyl (C=O) groups excluding carboxylic acids is 1. The number of rotatable bonds is 5. The first-order valence-corrected chi connectivity index (χ1v) is 8.93. The fourth-order valence-electron chi connectivity index (χ4n) is 1.84. The molecule has 2 N–H and O–H groups in total. The van der Waals surface area contributed by atoms with Crippen molar-refractivity contribution < 1.29 is 13.2 Å². The monoisotopic (exact) mass is 372 g/mol. The summed E-state index contributed by atoms with van der Waals surface area (Å²) in [6.45, 7) is 2.21. The summed E-state index contributed by atoms with van der Waals surface area (Å²) in [5, 5.41) is 3.12. The molecule has 0 aliphatic heterocycles. The minimum Gasteiger partial charge on any atom is -0.352 e. The minimum atomic E-state index is -3.93. The van der Waals surface area contributed by atoms with E-state index in [0.29, 0.717) is 17.3 Å². The number of anilines is 1. The predicted octanol–water partition coefficient (Wildman–Crippen LogP) is 3.54. The molecule has 0 aliphatic rings. The Labute approximate surface area is 144 Å². The van der Waals surface area contributed by atoms with Crippen LogP contribution in [0.15, 0.2) is 47.4 Å². The third kappa shape index (κ3) is 4.37. The lowest BCUT2D eigenvalue weighted by Crippen LogP contribution is -2.23. The van der Waals surface area contributed by atoms with E-state index in [1.807, 2.05) is 0 Å². The van der Waals surface area contributed by atoms with Crippen LogP contribution < -0.4 is 10.0 Å². The molecule has 122 valence electrons. The summed E-state index contributed by atoms with van der Waals surface area (Å²) in [5.41, 5.74) is 0.557. The summed E-state index contributed by atoms with van der Waals surface area (Å²) in [4.78, 5) is 11.7. The van der Waals surface area contributed by atoms with Gasteiger partial charge in [-0.15, -0.1) is 0 Å². The zero-order valence-corrected chi connectivity index (χ0v) is 14.5. The summed E-state index contributed by atoms with van der Waals surface area (Å²) in [7, 11) is -3.93. The molecule has 2 aromatic carbocycles. The molecule has 23 heavy (non-hydrogen) atoms. The summed E-state index contributed by atoms with van der Waals surface area (Å²) in [6.07, 6.45) is 0. The van der Waals surface area contributed by atoms with Crippen molar-refractivity contribution in [2.75, 3.05) is 11.3 Å². The van der Waals surface area contributed by atoms with Crippen LogP contribution in [0.5, 0.6) is 0 Å². The van der Waals surface area contributed by atoms with Gasteiger partial charge < -0.3 is 5.32 Å². The predicted molar refractivity (Wildman–Crippen MR) is 91.7 cm³/mol. The highest BCUT2D eigenvalue weighted by Gasteiger charge is 2.20. The second-order valence-corrected chi connectivity index (χ2v) is 7.11. The zero-order chi connectivity index (χ0) is 17.0. The van der Waals surface area contributed by atoms with E-state index in [2.05, 4.69) is 10.0 Å². The lowest BCUT2D eigenvalue weighted by Gasteiger charge is -2.11. The molecule has 0 aliphatic carbocycles. The van der Waals surface area contributed by atoms with Crippen LogP contribution in [0.4, 0.5) is 5.69 Å². The molecule has 0 radical (unpaired) electrons. The Bertz CT molecular complexity index is 821. The average Bonchev–Trinajstić information content (AvgIpc) is 2.50. The molecule has 0 atom stereocenters. The van der Waals surface area contributed by atoms with Crippen molar-refractivity contribution in [1.29, 1.82) is 0 Å². The van der Waals surface area contributed by atoms with Gasteiger partial charge >= 0.3 is 0 Å². The number of sulfonamides is 1. The quantitative estimate of drug-likeness (QED) is 0.842. The van der Waals surface area contributed by atoms with E-state index >= 15 is 0 Å². The molecule has 0 spiro atoms. The summed E-state index contributed by atoms with van der Waals surface area (Å²) >= 11 is 11.7. The minimum absolute atomic E-state index is 0.0273. The van der Waals surface area contributed by atoms with Crippen molar-refractivity contribution in [1.82, 2.24) is 5.32 Å². The second-order valence-electron chi connectivity index (χ2n) is 4.62. The van der Waals surface area contributed by atoms with E-state index in [9.17, 15) is 13.2 Å². The van der Waals surface area contributed by atoms with Crippen molar-refractivity contribution in [3.05, 3.63) is 58.1 Å². The number of benzene rings is 2. The van der Waals surface area contributed by atoms with Crippen LogP contribution in [-0.2, 0) is 10.0 Å². The van der Waals surface area contributed by atoms with Crippen LogP contribution in [0.2, 0.25) is 10.0 Å². The van der Waals surface area contributed by atoms with Crippen molar-refractivity contribution in [2.45, 2.75) is 11.8 Å². The number of nitrogens with one attached hydrogen (secondary N) is 2. The third-order valence-electron chi connectivity index (χ3n) is 2.92. The van der Waals surface area contributed by atoms with Crippen LogP contribution in [0.3, 0.4) is 0 Å². The third-order valence-corrected chi connectivity index (χ3v) is 5.03. The zero-order valence-electron chi connectivity index (χ0n) is 12.1. The van der Waals surface area contributed by atoms with Gasteiger partial charge in [0.1, 0.15) is 4.90 Å². The fraction of sp³-hybridized carbons (Fsp3) is 0.133. The standard InChI is InChI=1S/C15H14Cl2N2O3S/c1-2-18-15(20)10-3-8-13(17)14(9-10)23(21,22)19-12-6-4-11(16)5-7-12/h3-9,19H,2H2,1H3,(H,18,20). The Morgan fingerprint density at radius 2 is 1.74 bits per heavy atom. The Balaban J connectivity index is 2.36. The van der Waals surface area contributed by atoms with Crippen LogP contribution in [0.1, 0.15) is 17.3 Å². The Kier molecular flexibility index (Phi) is 5.51. The molecule has 0 fully saturated rings. The van der Waals surface area contributed by atoms with E-state index < -0.39 is 10.0 Å². The first-order chi connectivity index (χ1) is 10.8. The molecule has 0 bridgehead atoms. The number of amides is 1. The van der Waals surface area contributed by atoms with E-state index in [0.717, 1.165) is 0 Å². The van der Waals surface area contributed by atoms with Gasteiger partial charge in [0.25, 0.3) is 15.9 Å². The van der Waals surface area contributed by atoms with Gasteiger partial charge in [0.15, 0.2) is 0 Å². The molecule has 0 saturated carbocycles. The maximum atomic E-state index is 12.5. The first-order valence-electron chi connectivity index (χ1n) is 6.69. The van der Waals surface area contributed by atoms with Crippen LogP contribution in [-0.4, -0.2) is 20.9 Å². The molecule has 0 unspecified atom stereocenters. The van der Waals surface area contributed by atoms with Crippen LogP contribution in [0, 0.1) is 0 Å². The normalized spacial score (nSPS) is 11.1. The van der Waals surface area contributed by atoms with E-state index in [1.54, 1.807) is 19.1 Å². The first kappa shape index (κ1) is 17.6. The van der Waals surface area contributed by atoms with E-state index in [-0.39, 0.29) is 21.4 Å². The summed E-state index contributed by atoms with van der Waals surface area (Å²) in [5.74, 6) is -0.368. The molecule has 1 amide bonds. The van der Waals surface area contributed by atoms with Gasteiger partial charge in [-0.3, -0.25) is 9.52 Å². The molecule has 8 heteroatoms. The maximum Gasteiger partial charge on any atom is 0.263 e. The highest BCUT2D eigenvalue weighted by Crippen LogP contribution is 2.25. The number of halogens is 2. The molecule has 2 rings (SSSR count). The molecule has 2 aromatic rings.